The van der Waals surface area contributed by atoms with Crippen molar-refractivity contribution in [3.05, 3.63) is 77.9 Å². The molecule has 6 heteroatoms. The van der Waals surface area contributed by atoms with Crippen LogP contribution in [0.15, 0.2) is 81.1 Å². The number of rotatable bonds is 2. The predicted octanol–water partition coefficient (Wildman–Crippen LogP) is 3.30. The maximum Gasteiger partial charge on any atom is 0.285 e. The van der Waals surface area contributed by atoms with E-state index in [2.05, 4.69) is 27.1 Å². The number of fused-ring (bicyclic) bond motifs is 2. The average Bonchev–Trinajstić information content (AvgIpc) is 2.90. The van der Waals surface area contributed by atoms with Crippen LogP contribution < -0.4 is 5.43 Å². The minimum Gasteiger partial charge on any atom is -0.260 e. The molecule has 0 saturated carbocycles. The van der Waals surface area contributed by atoms with Gasteiger partial charge in [0.2, 0.25) is 0 Å². The second-order valence-electron chi connectivity index (χ2n) is 5.78. The van der Waals surface area contributed by atoms with Gasteiger partial charge in [-0.05, 0) is 41.5 Å². The molecule has 0 amide bonds. The van der Waals surface area contributed by atoms with Crippen molar-refractivity contribution in [2.45, 2.75) is 11.8 Å². The predicted molar refractivity (Wildman–Crippen MR) is 99.5 cm³/mol. The molecule has 0 saturated heterocycles. The first-order chi connectivity index (χ1) is 12.0. The van der Waals surface area contributed by atoms with Crippen LogP contribution in [0.5, 0.6) is 0 Å². The minimum atomic E-state index is -3.64. The van der Waals surface area contributed by atoms with Gasteiger partial charge in [-0.3, -0.25) is 5.43 Å². The highest BCUT2D eigenvalue weighted by Gasteiger charge is 2.28. The summed E-state index contributed by atoms with van der Waals surface area (Å²) in [5.74, 6) is 0.246. The van der Waals surface area contributed by atoms with Crippen molar-refractivity contribution >= 4 is 32.3 Å². The number of sulfonamides is 1. The van der Waals surface area contributed by atoms with Gasteiger partial charge in [0.15, 0.2) is 5.84 Å². The third-order valence-electron chi connectivity index (χ3n) is 4.13. The van der Waals surface area contributed by atoms with Gasteiger partial charge in [0, 0.05) is 5.56 Å². The van der Waals surface area contributed by atoms with Crippen molar-refractivity contribution in [3.8, 4) is 0 Å². The number of hydrogen-bond donors (Lipinski definition) is 1. The molecule has 3 aromatic carbocycles. The maximum atomic E-state index is 12.0. The summed E-state index contributed by atoms with van der Waals surface area (Å²) in [6, 6.07) is 20.9. The topological polar surface area (TPSA) is 70.9 Å². The first kappa shape index (κ1) is 15.5. The molecule has 0 aliphatic carbocycles. The van der Waals surface area contributed by atoms with Crippen LogP contribution >= 0.6 is 0 Å². The Kier molecular flexibility index (Phi) is 3.62. The van der Waals surface area contributed by atoms with E-state index in [4.69, 9.17) is 0 Å². The quantitative estimate of drug-likeness (QED) is 0.570. The van der Waals surface area contributed by atoms with E-state index in [1.807, 2.05) is 37.3 Å². The Bertz CT molecular complexity index is 1150. The Labute approximate surface area is 145 Å². The molecule has 1 aliphatic rings. The molecule has 5 nitrogen and oxygen atoms in total. The number of benzene rings is 3. The molecule has 1 N–H and O–H groups in total. The molecule has 0 atom stereocenters. The van der Waals surface area contributed by atoms with E-state index in [1.54, 1.807) is 24.3 Å². The molecule has 0 spiro atoms. The molecule has 1 heterocycles. The largest absolute Gasteiger partial charge is 0.285 e. The molecule has 0 radical (unpaired) electrons. The van der Waals surface area contributed by atoms with E-state index in [1.165, 1.54) is 0 Å². The number of hydrogen-bond acceptors (Lipinski definition) is 4. The van der Waals surface area contributed by atoms with Crippen LogP contribution in [-0.2, 0) is 10.0 Å². The number of nitrogens with zero attached hydrogens (tertiary/aromatic N) is 2. The lowest BCUT2D eigenvalue weighted by molar-refractivity contribution is 0.599. The van der Waals surface area contributed by atoms with Crippen LogP contribution in [0.4, 0.5) is 0 Å². The summed E-state index contributed by atoms with van der Waals surface area (Å²) < 4.78 is 27.9. The van der Waals surface area contributed by atoms with Gasteiger partial charge >= 0.3 is 0 Å². The fourth-order valence-corrected chi connectivity index (χ4v) is 3.97. The van der Waals surface area contributed by atoms with Crippen LogP contribution in [0.2, 0.25) is 0 Å². The molecule has 3 aromatic rings. The minimum absolute atomic E-state index is 0.205. The molecule has 4 rings (SSSR count). The lowest BCUT2D eigenvalue weighted by Gasteiger charge is -2.05. The Morgan fingerprint density at radius 3 is 2.52 bits per heavy atom. The van der Waals surface area contributed by atoms with E-state index < -0.39 is 10.0 Å². The summed E-state index contributed by atoms with van der Waals surface area (Å²) in [5, 5.41) is 6.60. The molecular weight excluding hydrogens is 334 g/mol. The normalized spacial score (nSPS) is 15.7. The van der Waals surface area contributed by atoms with Crippen LogP contribution in [0.1, 0.15) is 18.1 Å². The zero-order valence-corrected chi connectivity index (χ0v) is 14.3. The fraction of sp³-hybridized carbons (Fsp3) is 0.0526. The number of nitrogens with one attached hydrogen (secondary N) is 1. The summed E-state index contributed by atoms with van der Waals surface area (Å²) in [7, 11) is -3.64. The van der Waals surface area contributed by atoms with Crippen molar-refractivity contribution in [1.82, 2.24) is 5.43 Å². The van der Waals surface area contributed by atoms with Gasteiger partial charge in [0.1, 0.15) is 4.90 Å². The Hall–Kier alpha value is -2.99. The Morgan fingerprint density at radius 2 is 1.68 bits per heavy atom. The maximum absolute atomic E-state index is 12.0. The van der Waals surface area contributed by atoms with Crippen LogP contribution in [0.3, 0.4) is 0 Å². The van der Waals surface area contributed by atoms with E-state index in [0.29, 0.717) is 5.56 Å². The van der Waals surface area contributed by atoms with Crippen LogP contribution in [0.25, 0.3) is 10.8 Å². The lowest BCUT2D eigenvalue weighted by Crippen LogP contribution is -2.19. The summed E-state index contributed by atoms with van der Waals surface area (Å²) in [5.41, 5.74) is 5.04. The lowest BCUT2D eigenvalue weighted by atomic mass is 10.0. The highest BCUT2D eigenvalue weighted by Crippen LogP contribution is 2.24. The van der Waals surface area contributed by atoms with Crippen LogP contribution in [0, 0.1) is 0 Å². The number of hydrazone groups is 1. The van der Waals surface area contributed by atoms with Gasteiger partial charge in [-0.1, -0.05) is 48.5 Å². The van der Waals surface area contributed by atoms with Crippen molar-refractivity contribution in [2.24, 2.45) is 9.50 Å². The first-order valence-electron chi connectivity index (χ1n) is 7.78. The smallest absolute Gasteiger partial charge is 0.260 e. The van der Waals surface area contributed by atoms with Crippen LogP contribution in [-0.4, -0.2) is 20.0 Å². The zero-order chi connectivity index (χ0) is 17.4. The van der Waals surface area contributed by atoms with Crippen molar-refractivity contribution in [3.63, 3.8) is 0 Å². The summed E-state index contributed by atoms with van der Waals surface area (Å²) in [6.07, 6.45) is 0. The van der Waals surface area contributed by atoms with E-state index in [0.717, 1.165) is 22.0 Å². The zero-order valence-electron chi connectivity index (χ0n) is 13.5. The standard InChI is InChI=1S/C19H15N3O2S/c1-13(15-11-10-14-6-2-3-7-16(14)12-15)20-21-19-17-8-4-5-9-18(17)25(23,24)22-19/h2-12H,1H3,(H,21,22). The average molecular weight is 349 g/mol. The van der Waals surface area contributed by atoms with E-state index >= 15 is 0 Å². The molecule has 1 aliphatic heterocycles. The second kappa shape index (κ2) is 5.82. The van der Waals surface area contributed by atoms with Crippen molar-refractivity contribution < 1.29 is 8.42 Å². The van der Waals surface area contributed by atoms with E-state index in [9.17, 15) is 8.42 Å². The molecule has 124 valence electrons. The van der Waals surface area contributed by atoms with Gasteiger partial charge in [0.25, 0.3) is 10.0 Å². The van der Waals surface area contributed by atoms with Gasteiger partial charge < -0.3 is 0 Å². The monoisotopic (exact) mass is 349 g/mol. The molecule has 0 unspecified atom stereocenters. The highest BCUT2D eigenvalue weighted by molar-refractivity contribution is 7.90. The van der Waals surface area contributed by atoms with Crippen molar-refractivity contribution in [2.75, 3.05) is 0 Å². The first-order valence-corrected chi connectivity index (χ1v) is 9.22. The SMILES string of the molecule is CC(=NNC1=NS(=O)(=O)c2ccccc21)c1ccc2ccccc2c1. The summed E-state index contributed by atoms with van der Waals surface area (Å²) in [4.78, 5) is 0.205. The fourth-order valence-electron chi connectivity index (χ4n) is 2.80. The van der Waals surface area contributed by atoms with Gasteiger partial charge in [-0.15, -0.1) is 4.40 Å². The molecule has 0 fully saturated rings. The van der Waals surface area contributed by atoms with Gasteiger partial charge in [0.05, 0.1) is 5.71 Å². The molecule has 25 heavy (non-hydrogen) atoms. The van der Waals surface area contributed by atoms with Gasteiger partial charge in [-0.25, -0.2) is 0 Å². The molecular formula is C19H15N3O2S. The third-order valence-corrected chi connectivity index (χ3v) is 5.46. The number of amidine groups is 1. The summed E-state index contributed by atoms with van der Waals surface area (Å²) in [6.45, 7) is 1.87. The highest BCUT2D eigenvalue weighted by atomic mass is 32.2. The third kappa shape index (κ3) is 2.81. The Morgan fingerprint density at radius 1 is 0.960 bits per heavy atom. The molecule has 0 bridgehead atoms. The second-order valence-corrected chi connectivity index (χ2v) is 7.35. The van der Waals surface area contributed by atoms with E-state index in [-0.39, 0.29) is 10.7 Å². The summed E-state index contributed by atoms with van der Waals surface area (Å²) >= 11 is 0. The molecule has 0 aromatic heterocycles. The van der Waals surface area contributed by atoms with Gasteiger partial charge in [-0.2, -0.15) is 13.5 Å². The van der Waals surface area contributed by atoms with Crippen molar-refractivity contribution in [1.29, 1.82) is 0 Å². The Balaban J connectivity index is 1.65.